The van der Waals surface area contributed by atoms with Crippen LogP contribution in [0, 0.1) is 0 Å². The molecule has 1 aliphatic carbocycles. The van der Waals surface area contributed by atoms with E-state index >= 15 is 0 Å². The Morgan fingerprint density at radius 1 is 1.06 bits per heavy atom. The molecule has 1 aliphatic rings. The summed E-state index contributed by atoms with van der Waals surface area (Å²) in [4.78, 5) is 27.6. The number of nitrogens with zero attached hydrogens (tertiary/aromatic N) is 1. The fourth-order valence-electron chi connectivity index (χ4n) is 4.14. The van der Waals surface area contributed by atoms with Crippen molar-refractivity contribution in [3.05, 3.63) is 53.6 Å². The molecule has 1 fully saturated rings. The molecule has 0 saturated heterocycles. The van der Waals surface area contributed by atoms with Gasteiger partial charge in [-0.15, -0.1) is 0 Å². The van der Waals surface area contributed by atoms with E-state index in [2.05, 4.69) is 10.6 Å². The number of methoxy groups -OCH3 is 1. The molecule has 178 valence electrons. The number of carbonyl (C=O) groups excluding carboxylic acids is 2. The Morgan fingerprint density at radius 2 is 1.82 bits per heavy atom. The van der Waals surface area contributed by atoms with Crippen LogP contribution in [0.1, 0.15) is 55.5 Å². The van der Waals surface area contributed by atoms with E-state index in [9.17, 15) is 9.59 Å². The number of rotatable bonds is 11. The second-order valence-electron chi connectivity index (χ2n) is 8.27. The number of likely N-dealkylation sites (N-methyl/N-ethyl adjacent to an activating group) is 1. The molecule has 2 amide bonds. The van der Waals surface area contributed by atoms with E-state index in [-0.39, 0.29) is 24.4 Å². The zero-order valence-electron chi connectivity index (χ0n) is 19.9. The van der Waals surface area contributed by atoms with Crippen molar-refractivity contribution in [2.24, 2.45) is 0 Å². The van der Waals surface area contributed by atoms with Gasteiger partial charge in [0.1, 0.15) is 0 Å². The Balaban J connectivity index is 1.62. The third kappa shape index (κ3) is 6.96. The van der Waals surface area contributed by atoms with Crippen LogP contribution in [-0.2, 0) is 11.3 Å². The second kappa shape index (κ2) is 12.3. The average molecular weight is 454 g/mol. The van der Waals surface area contributed by atoms with E-state index in [1.807, 2.05) is 49.1 Å². The van der Waals surface area contributed by atoms with Gasteiger partial charge in [-0.2, -0.15) is 0 Å². The van der Waals surface area contributed by atoms with Gasteiger partial charge in [-0.1, -0.05) is 38.0 Å². The van der Waals surface area contributed by atoms with Crippen LogP contribution in [0.5, 0.6) is 11.5 Å². The van der Waals surface area contributed by atoms with Crippen molar-refractivity contribution < 1.29 is 19.1 Å². The van der Waals surface area contributed by atoms with Crippen LogP contribution in [0.25, 0.3) is 0 Å². The summed E-state index contributed by atoms with van der Waals surface area (Å²) < 4.78 is 11.0. The molecule has 7 nitrogen and oxygen atoms in total. The summed E-state index contributed by atoms with van der Waals surface area (Å²) in [5.41, 5.74) is 2.06. The SMILES string of the molecule is CCOc1ccc(CN(CC)CC(=O)Nc2ccccc2C(=O)NC2CCCC2)cc1OC. The number of carbonyl (C=O) groups is 2. The molecule has 7 heteroatoms. The standard InChI is InChI=1S/C26H35N3O4/c1-4-29(17-19-14-15-23(33-5-2)24(16-19)32-3)18-25(30)28-22-13-9-8-12-21(22)26(31)27-20-10-6-7-11-20/h8-9,12-16,20H,4-7,10-11,17-18H2,1-3H3,(H,27,31)(H,28,30). The van der Waals surface area contributed by atoms with Crippen LogP contribution in [0.2, 0.25) is 0 Å². The normalized spacial score (nSPS) is 13.7. The summed E-state index contributed by atoms with van der Waals surface area (Å²) >= 11 is 0. The number of ether oxygens (including phenoxy) is 2. The minimum atomic E-state index is -0.157. The number of nitrogens with one attached hydrogen (secondary N) is 2. The van der Waals surface area contributed by atoms with E-state index in [0.717, 1.165) is 31.2 Å². The number of hydrogen-bond acceptors (Lipinski definition) is 5. The second-order valence-corrected chi connectivity index (χ2v) is 8.27. The lowest BCUT2D eigenvalue weighted by atomic mass is 10.1. The summed E-state index contributed by atoms with van der Waals surface area (Å²) in [5, 5.41) is 6.02. The lowest BCUT2D eigenvalue weighted by Crippen LogP contribution is -2.35. The van der Waals surface area contributed by atoms with Gasteiger partial charge in [-0.3, -0.25) is 14.5 Å². The minimum absolute atomic E-state index is 0.133. The first-order valence-corrected chi connectivity index (χ1v) is 11.8. The molecule has 2 N–H and O–H groups in total. The van der Waals surface area contributed by atoms with Crippen molar-refractivity contribution in [2.45, 2.75) is 52.1 Å². The van der Waals surface area contributed by atoms with E-state index < -0.39 is 0 Å². The minimum Gasteiger partial charge on any atom is -0.493 e. The Kier molecular flexibility index (Phi) is 9.13. The van der Waals surface area contributed by atoms with E-state index in [4.69, 9.17) is 9.47 Å². The monoisotopic (exact) mass is 453 g/mol. The predicted molar refractivity (Wildman–Crippen MR) is 130 cm³/mol. The van der Waals surface area contributed by atoms with Gasteiger partial charge in [0.15, 0.2) is 11.5 Å². The van der Waals surface area contributed by atoms with Gasteiger partial charge < -0.3 is 20.1 Å². The van der Waals surface area contributed by atoms with Gasteiger partial charge in [-0.05, 0) is 56.1 Å². The first-order chi connectivity index (χ1) is 16.0. The van der Waals surface area contributed by atoms with Crippen LogP contribution in [0.15, 0.2) is 42.5 Å². The fraction of sp³-hybridized carbons (Fsp3) is 0.462. The Bertz CT molecular complexity index is 941. The summed E-state index contributed by atoms with van der Waals surface area (Å²) in [5.74, 6) is 1.09. The molecular weight excluding hydrogens is 418 g/mol. The maximum absolute atomic E-state index is 12.8. The highest BCUT2D eigenvalue weighted by molar-refractivity contribution is 6.04. The van der Waals surface area contributed by atoms with Crippen LogP contribution in [0.3, 0.4) is 0 Å². The Labute approximate surface area is 196 Å². The van der Waals surface area contributed by atoms with Gasteiger partial charge in [0.2, 0.25) is 5.91 Å². The maximum atomic E-state index is 12.8. The number of para-hydroxylation sites is 1. The quantitative estimate of drug-likeness (QED) is 0.532. The molecule has 0 aromatic heterocycles. The molecule has 33 heavy (non-hydrogen) atoms. The van der Waals surface area contributed by atoms with E-state index in [1.165, 1.54) is 0 Å². The summed E-state index contributed by atoms with van der Waals surface area (Å²) in [6.07, 6.45) is 4.33. The summed E-state index contributed by atoms with van der Waals surface area (Å²) in [6, 6.07) is 13.2. The largest absolute Gasteiger partial charge is 0.493 e. The molecule has 0 spiro atoms. The van der Waals surface area contributed by atoms with E-state index in [0.29, 0.717) is 42.4 Å². The molecule has 0 aliphatic heterocycles. The van der Waals surface area contributed by atoms with Crippen molar-refractivity contribution in [1.82, 2.24) is 10.2 Å². The lowest BCUT2D eigenvalue weighted by molar-refractivity contribution is -0.117. The zero-order valence-corrected chi connectivity index (χ0v) is 19.9. The molecule has 2 aromatic rings. The first kappa shape index (κ1) is 24.6. The summed E-state index contributed by atoms with van der Waals surface area (Å²) in [7, 11) is 1.62. The maximum Gasteiger partial charge on any atom is 0.253 e. The molecule has 0 atom stereocenters. The molecule has 0 radical (unpaired) electrons. The first-order valence-electron chi connectivity index (χ1n) is 11.8. The van der Waals surface area contributed by atoms with Crippen LogP contribution in [-0.4, -0.2) is 49.6 Å². The highest BCUT2D eigenvalue weighted by Crippen LogP contribution is 2.28. The number of amides is 2. The van der Waals surface area contributed by atoms with Crippen molar-refractivity contribution >= 4 is 17.5 Å². The van der Waals surface area contributed by atoms with Crippen molar-refractivity contribution in [2.75, 3.05) is 32.1 Å². The molecule has 1 saturated carbocycles. The highest BCUT2D eigenvalue weighted by Gasteiger charge is 2.20. The van der Waals surface area contributed by atoms with Gasteiger partial charge in [0, 0.05) is 12.6 Å². The molecule has 2 aromatic carbocycles. The Morgan fingerprint density at radius 3 is 2.52 bits per heavy atom. The molecule has 3 rings (SSSR count). The lowest BCUT2D eigenvalue weighted by Gasteiger charge is -2.21. The van der Waals surface area contributed by atoms with Crippen molar-refractivity contribution in [1.29, 1.82) is 0 Å². The third-order valence-corrected chi connectivity index (χ3v) is 5.88. The molecule has 0 bridgehead atoms. The van der Waals surface area contributed by atoms with Crippen molar-refractivity contribution in [3.63, 3.8) is 0 Å². The third-order valence-electron chi connectivity index (χ3n) is 5.88. The predicted octanol–water partition coefficient (Wildman–Crippen LogP) is 4.23. The van der Waals surface area contributed by atoms with E-state index in [1.54, 1.807) is 19.2 Å². The van der Waals surface area contributed by atoms with Crippen LogP contribution in [0.4, 0.5) is 5.69 Å². The number of anilines is 1. The molecule has 0 unspecified atom stereocenters. The molecule has 0 heterocycles. The van der Waals surface area contributed by atoms with Crippen LogP contribution < -0.4 is 20.1 Å². The van der Waals surface area contributed by atoms with Crippen LogP contribution >= 0.6 is 0 Å². The van der Waals surface area contributed by atoms with Crippen molar-refractivity contribution in [3.8, 4) is 11.5 Å². The zero-order chi connectivity index (χ0) is 23.6. The topological polar surface area (TPSA) is 79.9 Å². The number of hydrogen-bond donors (Lipinski definition) is 2. The average Bonchev–Trinajstić information content (AvgIpc) is 3.33. The van der Waals surface area contributed by atoms with Gasteiger partial charge in [0.25, 0.3) is 5.91 Å². The fourth-order valence-corrected chi connectivity index (χ4v) is 4.14. The smallest absolute Gasteiger partial charge is 0.253 e. The van der Waals surface area contributed by atoms with Gasteiger partial charge in [-0.25, -0.2) is 0 Å². The Hall–Kier alpha value is -3.06. The van der Waals surface area contributed by atoms with Gasteiger partial charge in [0.05, 0.1) is 31.5 Å². The summed E-state index contributed by atoms with van der Waals surface area (Å²) in [6.45, 7) is 6.02. The highest BCUT2D eigenvalue weighted by atomic mass is 16.5. The molecular formula is C26H35N3O4. The number of benzene rings is 2. The van der Waals surface area contributed by atoms with Gasteiger partial charge >= 0.3 is 0 Å².